The second kappa shape index (κ2) is 6.28. The number of benzene rings is 2. The van der Waals surface area contributed by atoms with Gasteiger partial charge in [-0.05, 0) is 62.4 Å². The fourth-order valence-corrected chi connectivity index (χ4v) is 6.66. The Morgan fingerprint density at radius 3 is 2.83 bits per heavy atom. The van der Waals surface area contributed by atoms with E-state index in [1.807, 2.05) is 0 Å². The maximum atomic E-state index is 12.9. The van der Waals surface area contributed by atoms with Gasteiger partial charge in [-0.15, -0.1) is 0 Å². The van der Waals surface area contributed by atoms with Gasteiger partial charge in [0.05, 0.1) is 6.04 Å². The van der Waals surface area contributed by atoms with Gasteiger partial charge < -0.3 is 25.6 Å². The summed E-state index contributed by atoms with van der Waals surface area (Å²) >= 11 is 5.95. The quantitative estimate of drug-likeness (QED) is 0.554. The normalized spacial score (nSPS) is 32.8. The summed E-state index contributed by atoms with van der Waals surface area (Å²) in [6, 6.07) is 8.50. The maximum Gasteiger partial charge on any atom is 0.251 e. The zero-order chi connectivity index (χ0) is 20.6. The number of carbonyl (C=O) groups is 1. The van der Waals surface area contributed by atoms with Crippen molar-refractivity contribution in [3.8, 4) is 17.2 Å². The second-order valence-electron chi connectivity index (χ2n) is 8.96. The molecule has 0 radical (unpaired) electrons. The predicted molar refractivity (Wildman–Crippen MR) is 111 cm³/mol. The van der Waals surface area contributed by atoms with Crippen molar-refractivity contribution in [3.05, 3.63) is 52.0 Å². The topological polar surface area (TPSA) is 90.8 Å². The van der Waals surface area contributed by atoms with E-state index in [0.717, 1.165) is 36.9 Å². The van der Waals surface area contributed by atoms with Crippen LogP contribution in [0.5, 0.6) is 17.2 Å². The molecule has 1 amide bonds. The van der Waals surface area contributed by atoms with Crippen LogP contribution < -0.4 is 15.4 Å². The van der Waals surface area contributed by atoms with E-state index in [0.29, 0.717) is 28.7 Å². The molecule has 2 bridgehead atoms. The molecule has 5 atom stereocenters. The van der Waals surface area contributed by atoms with Crippen LogP contribution >= 0.6 is 11.6 Å². The minimum Gasteiger partial charge on any atom is -0.504 e. The third-order valence-corrected chi connectivity index (χ3v) is 7.92. The van der Waals surface area contributed by atoms with E-state index in [1.54, 1.807) is 30.3 Å². The fourth-order valence-electron chi connectivity index (χ4n) is 6.53. The molecule has 1 spiro atoms. The molecule has 2 aliphatic carbocycles. The van der Waals surface area contributed by atoms with Crippen molar-refractivity contribution in [1.29, 1.82) is 0 Å². The zero-order valence-corrected chi connectivity index (χ0v) is 17.1. The number of phenols is 2. The number of carbonyl (C=O) groups excluding carboxylic acids is 1. The second-order valence-corrected chi connectivity index (χ2v) is 9.40. The number of rotatable bonds is 2. The average Bonchev–Trinajstić information content (AvgIpc) is 3.04. The zero-order valence-electron chi connectivity index (χ0n) is 16.3. The summed E-state index contributed by atoms with van der Waals surface area (Å²) in [5, 5.41) is 28.3. The van der Waals surface area contributed by atoms with Gasteiger partial charge in [-0.1, -0.05) is 11.6 Å². The average molecular weight is 427 g/mol. The smallest absolute Gasteiger partial charge is 0.251 e. The van der Waals surface area contributed by atoms with Crippen LogP contribution in [0.2, 0.25) is 5.02 Å². The summed E-state index contributed by atoms with van der Waals surface area (Å²) in [7, 11) is 0. The van der Waals surface area contributed by atoms with E-state index >= 15 is 0 Å². The molecule has 1 saturated heterocycles. The number of piperidine rings is 1. The summed E-state index contributed by atoms with van der Waals surface area (Å²) in [4.78, 5) is 12.9. The maximum absolute atomic E-state index is 12.9. The Morgan fingerprint density at radius 1 is 1.23 bits per heavy atom. The van der Waals surface area contributed by atoms with Crippen LogP contribution in [0.4, 0.5) is 0 Å². The van der Waals surface area contributed by atoms with Crippen LogP contribution in [0.3, 0.4) is 0 Å². The standard InChI is InChI=1S/C23H23ClN2O4/c24-12-3-1-11(2-4-12)22(29)26-15-6-5-14-16-9-13-19-18(10-17(27)20(13)28)30-21(15)23(14,19)7-8-25-16/h1-4,10,14-16,21,25,27-28H,5-9H2,(H,26,29)/t14-,15+,16+,21-,23-/m0/s1. The summed E-state index contributed by atoms with van der Waals surface area (Å²) in [5.41, 5.74) is 2.17. The predicted octanol–water partition coefficient (Wildman–Crippen LogP) is 2.88. The molecule has 0 aromatic heterocycles. The van der Waals surface area contributed by atoms with E-state index in [2.05, 4.69) is 10.6 Å². The Kier molecular flexibility index (Phi) is 3.84. The van der Waals surface area contributed by atoms with Gasteiger partial charge in [0.25, 0.3) is 5.91 Å². The highest BCUT2D eigenvalue weighted by atomic mass is 35.5. The van der Waals surface area contributed by atoms with Crippen LogP contribution in [-0.2, 0) is 11.8 Å². The van der Waals surface area contributed by atoms with Gasteiger partial charge in [-0.3, -0.25) is 4.79 Å². The van der Waals surface area contributed by atoms with Gasteiger partial charge in [0.15, 0.2) is 11.5 Å². The lowest BCUT2D eigenvalue weighted by Gasteiger charge is -2.56. The van der Waals surface area contributed by atoms with Crippen molar-refractivity contribution in [1.82, 2.24) is 10.6 Å². The Morgan fingerprint density at radius 2 is 2.03 bits per heavy atom. The molecule has 156 valence electrons. The minimum atomic E-state index is -0.250. The SMILES string of the molecule is O=C(N[C@@H]1CC[C@H]2[C@H]3Cc4c(O)c(O)cc5c4[C@@]2(CCN3)[C@H]1O5)c1ccc(Cl)cc1. The van der Waals surface area contributed by atoms with Crippen molar-refractivity contribution < 1.29 is 19.7 Å². The van der Waals surface area contributed by atoms with Crippen LogP contribution in [0.1, 0.15) is 40.7 Å². The monoisotopic (exact) mass is 426 g/mol. The van der Waals surface area contributed by atoms with Crippen molar-refractivity contribution in [2.45, 2.75) is 49.3 Å². The first-order valence-corrected chi connectivity index (χ1v) is 10.9. The van der Waals surface area contributed by atoms with Gasteiger partial charge in [0.2, 0.25) is 0 Å². The van der Waals surface area contributed by atoms with Crippen LogP contribution in [0, 0.1) is 5.92 Å². The molecule has 4 aliphatic rings. The number of hydrogen-bond acceptors (Lipinski definition) is 5. The molecule has 0 unspecified atom stereocenters. The highest BCUT2D eigenvalue weighted by molar-refractivity contribution is 6.30. The first-order chi connectivity index (χ1) is 14.5. The first-order valence-electron chi connectivity index (χ1n) is 10.5. The summed E-state index contributed by atoms with van der Waals surface area (Å²) in [5.74, 6) is 0.730. The van der Waals surface area contributed by atoms with Crippen molar-refractivity contribution in [2.24, 2.45) is 5.92 Å². The highest BCUT2D eigenvalue weighted by Crippen LogP contribution is 2.63. The summed E-state index contributed by atoms with van der Waals surface area (Å²) < 4.78 is 6.45. The molecule has 1 saturated carbocycles. The van der Waals surface area contributed by atoms with Crippen LogP contribution in [-0.4, -0.2) is 40.9 Å². The molecule has 6 nitrogen and oxygen atoms in total. The Hall–Kier alpha value is -2.44. The Labute approximate surface area is 179 Å². The highest BCUT2D eigenvalue weighted by Gasteiger charge is 2.64. The Balaban J connectivity index is 1.40. The molecule has 2 aromatic rings. The number of phenolic OH excluding ortho intramolecular Hbond substituents is 2. The van der Waals surface area contributed by atoms with Crippen LogP contribution in [0.25, 0.3) is 0 Å². The molecule has 6 rings (SSSR count). The molecule has 7 heteroatoms. The lowest BCUT2D eigenvalue weighted by atomic mass is 9.51. The number of ether oxygens (including phenoxy) is 1. The fraction of sp³-hybridized carbons (Fsp3) is 0.435. The molecule has 2 aliphatic heterocycles. The van der Waals surface area contributed by atoms with Crippen molar-refractivity contribution >= 4 is 17.5 Å². The van der Waals surface area contributed by atoms with Gasteiger partial charge in [0.1, 0.15) is 11.9 Å². The van der Waals surface area contributed by atoms with Crippen molar-refractivity contribution in [3.63, 3.8) is 0 Å². The van der Waals surface area contributed by atoms with Crippen molar-refractivity contribution in [2.75, 3.05) is 6.54 Å². The largest absolute Gasteiger partial charge is 0.504 e. The number of aromatic hydroxyl groups is 2. The molecule has 2 aromatic carbocycles. The van der Waals surface area contributed by atoms with E-state index in [-0.39, 0.29) is 41.0 Å². The third kappa shape index (κ3) is 2.32. The van der Waals surface area contributed by atoms with Crippen LogP contribution in [0.15, 0.2) is 30.3 Å². The van der Waals surface area contributed by atoms with E-state index in [1.165, 1.54) is 0 Å². The van der Waals surface area contributed by atoms with E-state index < -0.39 is 0 Å². The van der Waals surface area contributed by atoms with E-state index in [4.69, 9.17) is 16.3 Å². The number of amides is 1. The van der Waals surface area contributed by atoms with Gasteiger partial charge >= 0.3 is 0 Å². The first kappa shape index (κ1) is 18.3. The number of halogens is 1. The molecule has 2 heterocycles. The minimum absolute atomic E-state index is 0.0307. The van der Waals surface area contributed by atoms with Gasteiger partial charge in [-0.25, -0.2) is 0 Å². The number of hydrogen-bond donors (Lipinski definition) is 4. The lowest BCUT2D eigenvalue weighted by molar-refractivity contribution is -0.0170. The third-order valence-electron chi connectivity index (χ3n) is 7.67. The van der Waals surface area contributed by atoms with E-state index in [9.17, 15) is 15.0 Å². The van der Waals surface area contributed by atoms with Gasteiger partial charge in [-0.2, -0.15) is 0 Å². The number of nitrogens with one attached hydrogen (secondary N) is 2. The summed E-state index contributed by atoms with van der Waals surface area (Å²) in [6.45, 7) is 0.874. The molecular formula is C23H23ClN2O4. The molecule has 30 heavy (non-hydrogen) atoms. The lowest BCUT2D eigenvalue weighted by Crippen LogP contribution is -2.68. The molecular weight excluding hydrogens is 404 g/mol. The summed E-state index contributed by atoms with van der Waals surface area (Å²) in [6.07, 6.45) is 3.16. The molecule has 4 N–H and O–H groups in total. The Bertz CT molecular complexity index is 1060. The van der Waals surface area contributed by atoms with Gasteiger partial charge in [0, 0.05) is 39.2 Å². The molecule has 2 fully saturated rings.